The first kappa shape index (κ1) is 9.51. The lowest BCUT2D eigenvalue weighted by Crippen LogP contribution is -2.06. The van der Waals surface area contributed by atoms with E-state index in [1.807, 2.05) is 0 Å². The topological polar surface area (TPSA) is 17.3 Å². The Morgan fingerprint density at radius 2 is 2.07 bits per heavy atom. The fourth-order valence-corrected chi connectivity index (χ4v) is 1.70. The van der Waals surface area contributed by atoms with Crippen LogP contribution < -0.4 is 0 Å². The van der Waals surface area contributed by atoms with Crippen LogP contribution in [0.3, 0.4) is 0 Å². The maximum absolute atomic E-state index is 12.3. The van der Waals surface area contributed by atoms with Gasteiger partial charge < -0.3 is 4.40 Å². The van der Waals surface area contributed by atoms with Crippen LogP contribution in [0.2, 0.25) is 0 Å². The van der Waals surface area contributed by atoms with Gasteiger partial charge in [0.1, 0.15) is 0 Å². The molecular formula is C8H4BrF3N2. The van der Waals surface area contributed by atoms with Gasteiger partial charge in [0.15, 0.2) is 5.65 Å². The smallest absolute Gasteiger partial charge is 0.306 e. The van der Waals surface area contributed by atoms with E-state index in [0.29, 0.717) is 10.1 Å². The summed E-state index contributed by atoms with van der Waals surface area (Å²) in [7, 11) is 0. The van der Waals surface area contributed by atoms with Crippen molar-refractivity contribution in [3.63, 3.8) is 0 Å². The molecule has 0 N–H and O–H groups in total. The number of aromatic nitrogens is 2. The molecule has 0 unspecified atom stereocenters. The van der Waals surface area contributed by atoms with E-state index < -0.39 is 11.7 Å². The van der Waals surface area contributed by atoms with Crippen LogP contribution >= 0.6 is 15.9 Å². The molecule has 0 radical (unpaired) electrons. The predicted molar refractivity (Wildman–Crippen MR) is 47.9 cm³/mol. The van der Waals surface area contributed by atoms with Crippen molar-refractivity contribution in [2.45, 2.75) is 6.18 Å². The van der Waals surface area contributed by atoms with Crippen LogP contribution in [0.4, 0.5) is 13.2 Å². The Hall–Kier alpha value is -1.04. The number of hydrogen-bond donors (Lipinski definition) is 0. The Morgan fingerprint density at radius 3 is 2.71 bits per heavy atom. The summed E-state index contributed by atoms with van der Waals surface area (Å²) in [5.41, 5.74) is -0.229. The van der Waals surface area contributed by atoms with Gasteiger partial charge in [-0.25, -0.2) is 4.98 Å². The monoisotopic (exact) mass is 264 g/mol. The number of imidazole rings is 1. The number of halogens is 4. The van der Waals surface area contributed by atoms with Gasteiger partial charge in [-0.05, 0) is 22.0 Å². The molecule has 0 aromatic carbocycles. The summed E-state index contributed by atoms with van der Waals surface area (Å²) >= 11 is 3.04. The molecule has 2 aromatic heterocycles. The summed E-state index contributed by atoms with van der Waals surface area (Å²) in [6.07, 6.45) is -0.413. The molecule has 0 spiro atoms. The van der Waals surface area contributed by atoms with Crippen LogP contribution in [0.15, 0.2) is 29.1 Å². The molecule has 2 aromatic rings. The van der Waals surface area contributed by atoms with E-state index in [-0.39, 0.29) is 0 Å². The average molecular weight is 265 g/mol. The molecule has 0 saturated heterocycles. The zero-order valence-electron chi connectivity index (χ0n) is 6.72. The van der Waals surface area contributed by atoms with Gasteiger partial charge in [0.2, 0.25) is 0 Å². The molecule has 74 valence electrons. The second-order valence-electron chi connectivity index (χ2n) is 2.73. The van der Waals surface area contributed by atoms with Gasteiger partial charge >= 0.3 is 6.18 Å². The van der Waals surface area contributed by atoms with Crippen molar-refractivity contribution in [3.05, 3.63) is 34.7 Å². The van der Waals surface area contributed by atoms with Crippen LogP contribution in [-0.2, 0) is 6.18 Å². The average Bonchev–Trinajstić information content (AvgIpc) is 2.50. The van der Waals surface area contributed by atoms with E-state index in [1.165, 1.54) is 16.8 Å². The SMILES string of the molecule is FC(F)(F)c1cc(Br)c2nccn2c1. The van der Waals surface area contributed by atoms with Crippen LogP contribution in [0, 0.1) is 0 Å². The largest absolute Gasteiger partial charge is 0.417 e. The standard InChI is InChI=1S/C8H4BrF3N2/c9-6-3-5(8(10,11)12)4-14-2-1-13-7(6)14/h1-4H. The van der Waals surface area contributed by atoms with E-state index in [2.05, 4.69) is 20.9 Å². The zero-order chi connectivity index (χ0) is 10.3. The summed E-state index contributed by atoms with van der Waals surface area (Å²) in [5, 5.41) is 0. The van der Waals surface area contributed by atoms with Gasteiger partial charge in [0, 0.05) is 18.6 Å². The Morgan fingerprint density at radius 1 is 1.36 bits per heavy atom. The summed E-state index contributed by atoms with van der Waals surface area (Å²) in [6.45, 7) is 0. The molecular weight excluding hydrogens is 261 g/mol. The Kier molecular flexibility index (Phi) is 2.02. The molecule has 0 atom stereocenters. The number of nitrogens with zero attached hydrogens (tertiary/aromatic N) is 2. The van der Waals surface area contributed by atoms with Gasteiger partial charge in [-0.2, -0.15) is 13.2 Å². The highest BCUT2D eigenvalue weighted by Gasteiger charge is 2.31. The number of fused-ring (bicyclic) bond motifs is 1. The quantitative estimate of drug-likeness (QED) is 0.715. The lowest BCUT2D eigenvalue weighted by molar-refractivity contribution is -0.137. The molecule has 0 saturated carbocycles. The molecule has 2 heterocycles. The molecule has 14 heavy (non-hydrogen) atoms. The van der Waals surface area contributed by atoms with Crippen LogP contribution in [0.5, 0.6) is 0 Å². The van der Waals surface area contributed by atoms with E-state index in [1.54, 1.807) is 0 Å². The van der Waals surface area contributed by atoms with Gasteiger partial charge in [-0.3, -0.25) is 0 Å². The number of pyridine rings is 1. The lowest BCUT2D eigenvalue weighted by Gasteiger charge is -2.07. The van der Waals surface area contributed by atoms with Crippen LogP contribution in [-0.4, -0.2) is 9.38 Å². The molecule has 0 fully saturated rings. The third-order valence-corrected chi connectivity index (χ3v) is 2.35. The van der Waals surface area contributed by atoms with Crippen molar-refractivity contribution in [1.29, 1.82) is 0 Å². The van der Waals surface area contributed by atoms with Crippen molar-refractivity contribution in [3.8, 4) is 0 Å². The first-order valence-electron chi connectivity index (χ1n) is 3.68. The summed E-state index contributed by atoms with van der Waals surface area (Å²) < 4.78 is 38.7. The van der Waals surface area contributed by atoms with Crippen molar-refractivity contribution >= 4 is 21.6 Å². The molecule has 0 bridgehead atoms. The van der Waals surface area contributed by atoms with Gasteiger partial charge in [0.25, 0.3) is 0 Å². The minimum atomic E-state index is -4.33. The molecule has 2 nitrogen and oxygen atoms in total. The molecule has 0 amide bonds. The van der Waals surface area contributed by atoms with Crippen LogP contribution in [0.1, 0.15) is 5.56 Å². The maximum Gasteiger partial charge on any atom is 0.417 e. The van der Waals surface area contributed by atoms with Gasteiger partial charge in [0.05, 0.1) is 10.0 Å². The van der Waals surface area contributed by atoms with Crippen LogP contribution in [0.25, 0.3) is 5.65 Å². The van der Waals surface area contributed by atoms with E-state index in [0.717, 1.165) is 12.3 Å². The Labute approximate surface area is 85.5 Å². The number of rotatable bonds is 0. The fraction of sp³-hybridized carbons (Fsp3) is 0.125. The molecule has 0 aliphatic heterocycles. The Bertz CT molecular complexity index is 475. The molecule has 6 heteroatoms. The normalized spacial score (nSPS) is 12.3. The van der Waals surface area contributed by atoms with Crippen molar-refractivity contribution < 1.29 is 13.2 Å². The third kappa shape index (κ3) is 1.50. The minimum absolute atomic E-state index is 0.331. The maximum atomic E-state index is 12.3. The zero-order valence-corrected chi connectivity index (χ0v) is 8.30. The first-order valence-corrected chi connectivity index (χ1v) is 4.47. The van der Waals surface area contributed by atoms with E-state index in [4.69, 9.17) is 0 Å². The molecule has 2 rings (SSSR count). The van der Waals surface area contributed by atoms with Crippen molar-refractivity contribution in [2.75, 3.05) is 0 Å². The molecule has 0 aliphatic rings. The van der Waals surface area contributed by atoms with Crippen molar-refractivity contribution in [2.24, 2.45) is 0 Å². The third-order valence-electron chi connectivity index (χ3n) is 1.77. The second kappa shape index (κ2) is 2.98. The lowest BCUT2D eigenvalue weighted by atomic mass is 10.3. The van der Waals surface area contributed by atoms with Crippen molar-refractivity contribution in [1.82, 2.24) is 9.38 Å². The highest BCUT2D eigenvalue weighted by atomic mass is 79.9. The summed E-state index contributed by atoms with van der Waals surface area (Å²) in [6, 6.07) is 1.02. The summed E-state index contributed by atoms with van der Waals surface area (Å²) in [4.78, 5) is 3.89. The predicted octanol–water partition coefficient (Wildman–Crippen LogP) is 3.12. The molecule has 0 aliphatic carbocycles. The fourth-order valence-electron chi connectivity index (χ4n) is 1.15. The summed E-state index contributed by atoms with van der Waals surface area (Å²) in [5.74, 6) is 0. The first-order chi connectivity index (χ1) is 6.48. The highest BCUT2D eigenvalue weighted by molar-refractivity contribution is 9.10. The van der Waals surface area contributed by atoms with E-state index in [9.17, 15) is 13.2 Å². The van der Waals surface area contributed by atoms with E-state index >= 15 is 0 Å². The highest BCUT2D eigenvalue weighted by Crippen LogP contribution is 2.31. The second-order valence-corrected chi connectivity index (χ2v) is 3.59. The number of alkyl halides is 3. The minimum Gasteiger partial charge on any atom is -0.306 e. The van der Waals surface area contributed by atoms with Gasteiger partial charge in [-0.15, -0.1) is 0 Å². The Balaban J connectivity index is 2.70. The number of hydrogen-bond acceptors (Lipinski definition) is 1. The van der Waals surface area contributed by atoms with Gasteiger partial charge in [-0.1, -0.05) is 0 Å².